The maximum atomic E-state index is 12.4. The quantitative estimate of drug-likeness (QED) is 0.479. The van der Waals surface area contributed by atoms with E-state index in [4.69, 9.17) is 16.3 Å². The van der Waals surface area contributed by atoms with Gasteiger partial charge in [0.15, 0.2) is 0 Å². The number of pyridine rings is 1. The molecule has 0 bridgehead atoms. The summed E-state index contributed by atoms with van der Waals surface area (Å²) >= 11 is 5.76. The third-order valence-corrected chi connectivity index (χ3v) is 4.50. The van der Waals surface area contributed by atoms with Gasteiger partial charge in [-0.25, -0.2) is 9.78 Å². The van der Waals surface area contributed by atoms with Crippen LogP contribution in [0.4, 0.5) is 10.6 Å². The largest absolute Gasteiger partial charge is 0.444 e. The molecule has 0 saturated carbocycles. The molecule has 2 rings (SSSR count). The van der Waals surface area contributed by atoms with Crippen LogP contribution >= 0.6 is 11.6 Å². The Hall–Kier alpha value is -2.65. The number of amides is 3. The molecule has 1 aromatic rings. The molecule has 9 nitrogen and oxygen atoms in total. The number of nitrogens with one attached hydrogen (secondary N) is 3. The number of hydrogen-bond donors (Lipinski definition) is 3. The van der Waals surface area contributed by atoms with Crippen LogP contribution in [-0.2, 0) is 14.3 Å². The van der Waals surface area contributed by atoms with E-state index in [1.807, 2.05) is 0 Å². The third-order valence-electron chi connectivity index (χ3n) is 4.28. The van der Waals surface area contributed by atoms with Crippen LogP contribution in [0.2, 0.25) is 5.02 Å². The first kappa shape index (κ1) is 23.6. The van der Waals surface area contributed by atoms with E-state index < -0.39 is 35.6 Å². The van der Waals surface area contributed by atoms with Crippen LogP contribution < -0.4 is 16.0 Å². The van der Waals surface area contributed by atoms with Crippen molar-refractivity contribution >= 4 is 35.3 Å². The number of nitrogens with zero attached hydrogens (tertiary/aromatic N) is 2. The smallest absolute Gasteiger partial charge is 0.407 e. The Labute approximate surface area is 181 Å². The topological polar surface area (TPSA) is 113 Å². The first-order chi connectivity index (χ1) is 14.1. The second-order valence-corrected chi connectivity index (χ2v) is 8.42. The van der Waals surface area contributed by atoms with Crippen molar-refractivity contribution in [3.63, 3.8) is 0 Å². The highest BCUT2D eigenvalue weighted by atomic mass is 35.5. The van der Waals surface area contributed by atoms with Gasteiger partial charge in [0.1, 0.15) is 11.4 Å². The number of aromatic nitrogens is 1. The minimum Gasteiger partial charge on any atom is -0.444 e. The molecule has 3 N–H and O–H groups in total. The van der Waals surface area contributed by atoms with Gasteiger partial charge < -0.3 is 20.7 Å². The van der Waals surface area contributed by atoms with E-state index >= 15 is 0 Å². The fraction of sp³-hybridized carbons (Fsp3) is 0.500. The van der Waals surface area contributed by atoms with Crippen LogP contribution in [0.1, 0.15) is 27.2 Å². The number of alkyl carbamates (subject to hydrolysis) is 1. The van der Waals surface area contributed by atoms with Crippen LogP contribution in [-0.4, -0.2) is 65.1 Å². The van der Waals surface area contributed by atoms with E-state index in [9.17, 15) is 14.4 Å². The Morgan fingerprint density at radius 1 is 1.27 bits per heavy atom. The zero-order valence-corrected chi connectivity index (χ0v) is 18.2. The second-order valence-electron chi connectivity index (χ2n) is 7.99. The molecule has 3 amide bonds. The Kier molecular flexibility index (Phi) is 8.19. The number of carbonyl (C=O) groups is 3. The summed E-state index contributed by atoms with van der Waals surface area (Å²) in [6, 6.07) is 2.18. The minimum atomic E-state index is -0.852. The lowest BCUT2D eigenvalue weighted by Gasteiger charge is -2.38. The molecule has 1 aliphatic heterocycles. The fourth-order valence-corrected chi connectivity index (χ4v) is 3.11. The molecule has 30 heavy (non-hydrogen) atoms. The van der Waals surface area contributed by atoms with Crippen LogP contribution in [0.5, 0.6) is 0 Å². The van der Waals surface area contributed by atoms with Crippen LogP contribution in [0.25, 0.3) is 0 Å². The standard InChI is InChI=1S/C20H28ClN5O4/c1-5-9-26-10-8-14(15(12-26)24-19(29)30-20(2,3)4)23-17(27)18(28)25-16-7-6-13(21)11-22-16/h5-7,11,14-15H,1,8-10,12H2,2-4H3,(H,23,27)(H,24,29)(H,22,25,28)/t14-,15+/m0/s1. The molecule has 164 valence electrons. The first-order valence-electron chi connectivity index (χ1n) is 9.63. The number of piperidine rings is 1. The van der Waals surface area contributed by atoms with Crippen molar-refractivity contribution < 1.29 is 19.1 Å². The highest BCUT2D eigenvalue weighted by molar-refractivity contribution is 6.39. The first-order valence-corrected chi connectivity index (χ1v) is 10.0. The molecule has 1 aliphatic rings. The summed E-state index contributed by atoms with van der Waals surface area (Å²) in [5.41, 5.74) is -0.649. The molecule has 10 heteroatoms. The summed E-state index contributed by atoms with van der Waals surface area (Å²) in [4.78, 5) is 42.9. The molecule has 0 unspecified atom stereocenters. The Balaban J connectivity index is 2.01. The predicted molar refractivity (Wildman–Crippen MR) is 114 cm³/mol. The summed E-state index contributed by atoms with van der Waals surface area (Å²) < 4.78 is 5.33. The monoisotopic (exact) mass is 437 g/mol. The van der Waals surface area contributed by atoms with Crippen molar-refractivity contribution in [1.82, 2.24) is 20.5 Å². The molecule has 1 saturated heterocycles. The van der Waals surface area contributed by atoms with Crippen LogP contribution in [0.3, 0.4) is 0 Å². The number of rotatable bonds is 5. The minimum absolute atomic E-state index is 0.212. The second kappa shape index (κ2) is 10.4. The fourth-order valence-electron chi connectivity index (χ4n) is 3.00. The molecule has 2 heterocycles. The van der Waals surface area contributed by atoms with Gasteiger partial charge in [0.2, 0.25) is 0 Å². The maximum Gasteiger partial charge on any atom is 0.407 e. The van der Waals surface area contributed by atoms with E-state index in [1.165, 1.54) is 12.3 Å². The SMILES string of the molecule is C=CCN1CC[C@H](NC(=O)C(=O)Nc2ccc(Cl)cn2)[C@H](NC(=O)OC(C)(C)C)C1. The van der Waals surface area contributed by atoms with Gasteiger partial charge in [-0.2, -0.15) is 0 Å². The maximum absolute atomic E-state index is 12.4. The Bertz CT molecular complexity index is 778. The van der Waals surface area contributed by atoms with Gasteiger partial charge in [-0.3, -0.25) is 14.5 Å². The Morgan fingerprint density at radius 2 is 2.00 bits per heavy atom. The number of anilines is 1. The average molecular weight is 438 g/mol. The number of hydrogen-bond acceptors (Lipinski definition) is 6. The molecule has 0 spiro atoms. The normalized spacial score (nSPS) is 19.5. The van der Waals surface area contributed by atoms with Crippen LogP contribution in [0.15, 0.2) is 31.0 Å². The van der Waals surface area contributed by atoms with Gasteiger partial charge in [0.05, 0.1) is 17.1 Å². The molecule has 1 aromatic heterocycles. The summed E-state index contributed by atoms with van der Waals surface area (Å²) in [6.07, 6.45) is 3.11. The molecular weight excluding hydrogens is 410 g/mol. The number of likely N-dealkylation sites (tertiary alicyclic amines) is 1. The Morgan fingerprint density at radius 3 is 2.60 bits per heavy atom. The van der Waals surface area contributed by atoms with Gasteiger partial charge in [0, 0.05) is 25.8 Å². The van der Waals surface area contributed by atoms with Crippen molar-refractivity contribution in [3.05, 3.63) is 36.0 Å². The molecule has 0 aliphatic carbocycles. The lowest BCUT2D eigenvalue weighted by molar-refractivity contribution is -0.137. The van der Waals surface area contributed by atoms with Crippen molar-refractivity contribution in [1.29, 1.82) is 0 Å². The molecule has 1 fully saturated rings. The lowest BCUT2D eigenvalue weighted by atomic mass is 9.99. The van der Waals surface area contributed by atoms with Crippen molar-refractivity contribution in [2.45, 2.75) is 44.9 Å². The molecule has 0 radical (unpaired) electrons. The summed E-state index contributed by atoms with van der Waals surface area (Å²) in [5.74, 6) is -1.46. The highest BCUT2D eigenvalue weighted by Crippen LogP contribution is 2.14. The zero-order chi connectivity index (χ0) is 22.3. The van der Waals surface area contributed by atoms with E-state index in [0.717, 1.165) is 0 Å². The molecule has 0 aromatic carbocycles. The predicted octanol–water partition coefficient (Wildman–Crippen LogP) is 1.94. The summed E-state index contributed by atoms with van der Waals surface area (Å²) in [6.45, 7) is 10.9. The molecule has 2 atom stereocenters. The summed E-state index contributed by atoms with van der Waals surface area (Å²) in [5, 5.41) is 8.34. The number of ether oxygens (including phenoxy) is 1. The lowest BCUT2D eigenvalue weighted by Crippen LogP contribution is -2.61. The average Bonchev–Trinajstić information content (AvgIpc) is 2.64. The van der Waals surface area contributed by atoms with Gasteiger partial charge in [0.25, 0.3) is 0 Å². The highest BCUT2D eigenvalue weighted by Gasteiger charge is 2.33. The van der Waals surface area contributed by atoms with Gasteiger partial charge in [-0.05, 0) is 39.3 Å². The van der Waals surface area contributed by atoms with E-state index in [2.05, 4.69) is 32.4 Å². The summed E-state index contributed by atoms with van der Waals surface area (Å²) in [7, 11) is 0. The van der Waals surface area contributed by atoms with Crippen molar-refractivity contribution in [2.24, 2.45) is 0 Å². The van der Waals surface area contributed by atoms with E-state index in [0.29, 0.717) is 31.1 Å². The number of carbonyl (C=O) groups excluding carboxylic acids is 3. The zero-order valence-electron chi connectivity index (χ0n) is 17.4. The molecular formula is C20H28ClN5O4. The van der Waals surface area contributed by atoms with E-state index in [-0.39, 0.29) is 5.82 Å². The number of halogens is 1. The van der Waals surface area contributed by atoms with Gasteiger partial charge in [-0.15, -0.1) is 6.58 Å². The van der Waals surface area contributed by atoms with Crippen molar-refractivity contribution in [3.8, 4) is 0 Å². The van der Waals surface area contributed by atoms with Gasteiger partial charge >= 0.3 is 17.9 Å². The van der Waals surface area contributed by atoms with E-state index in [1.54, 1.807) is 32.9 Å². The third kappa shape index (κ3) is 7.64. The van der Waals surface area contributed by atoms with Gasteiger partial charge in [-0.1, -0.05) is 17.7 Å². The van der Waals surface area contributed by atoms with Crippen LogP contribution in [0, 0.1) is 0 Å². The van der Waals surface area contributed by atoms with Crippen molar-refractivity contribution in [2.75, 3.05) is 25.0 Å².